The van der Waals surface area contributed by atoms with E-state index in [2.05, 4.69) is 16.0 Å². The Kier molecular flexibility index (Phi) is 3.86. The molecule has 0 radical (unpaired) electrons. The van der Waals surface area contributed by atoms with Gasteiger partial charge in [0.15, 0.2) is 0 Å². The van der Waals surface area contributed by atoms with Crippen molar-refractivity contribution in [2.24, 2.45) is 0 Å². The highest BCUT2D eigenvalue weighted by Crippen LogP contribution is 2.20. The monoisotopic (exact) mass is 266 g/mol. The lowest BCUT2D eigenvalue weighted by atomic mass is 9.96. The molecule has 3 nitrogen and oxygen atoms in total. The molecular weight excluding hydrogens is 248 g/mol. The van der Waals surface area contributed by atoms with Gasteiger partial charge in [0, 0.05) is 0 Å². The Balaban J connectivity index is 1.91. The highest BCUT2D eigenvalue weighted by Gasteiger charge is 2.15. The normalized spacial score (nSPS) is 18.9. The summed E-state index contributed by atoms with van der Waals surface area (Å²) in [6, 6.07) is 7.65. The van der Waals surface area contributed by atoms with Gasteiger partial charge in [0.05, 0.1) is 17.2 Å². The first-order chi connectivity index (χ1) is 9.84. The maximum atomic E-state index is 12.5. The molecule has 0 fully saturated rings. The van der Waals surface area contributed by atoms with Gasteiger partial charge in [0.1, 0.15) is 5.69 Å². The Morgan fingerprint density at radius 1 is 1.00 bits per heavy atom. The minimum atomic E-state index is 0.0464. The van der Waals surface area contributed by atoms with E-state index in [9.17, 15) is 4.79 Å². The Labute approximate surface area is 118 Å². The van der Waals surface area contributed by atoms with Crippen molar-refractivity contribution in [1.29, 1.82) is 0 Å². The number of fused-ring (bicyclic) bond motifs is 1. The van der Waals surface area contributed by atoms with Crippen LogP contribution < -0.4 is 0 Å². The Morgan fingerprint density at radius 3 is 2.70 bits per heavy atom. The molecule has 102 valence electrons. The number of allylic oxidation sites excluding steroid dienone is 2. The average molecular weight is 266 g/mol. The SMILES string of the molecule is O=C(/C1=C/CCCCCC1)c1cnc2ccccc2n1. The van der Waals surface area contributed by atoms with Gasteiger partial charge >= 0.3 is 0 Å². The summed E-state index contributed by atoms with van der Waals surface area (Å²) in [5.41, 5.74) is 2.99. The number of ketones is 1. The molecule has 1 aliphatic rings. The first-order valence-corrected chi connectivity index (χ1v) is 7.30. The van der Waals surface area contributed by atoms with Gasteiger partial charge in [-0.1, -0.05) is 31.1 Å². The fourth-order valence-electron chi connectivity index (χ4n) is 2.63. The van der Waals surface area contributed by atoms with E-state index in [4.69, 9.17) is 0 Å². The molecule has 1 aliphatic carbocycles. The number of aromatic nitrogens is 2. The highest BCUT2D eigenvalue weighted by atomic mass is 16.1. The van der Waals surface area contributed by atoms with E-state index in [1.54, 1.807) is 6.20 Å². The lowest BCUT2D eigenvalue weighted by Crippen LogP contribution is -2.08. The molecule has 1 heterocycles. The Morgan fingerprint density at radius 2 is 1.80 bits per heavy atom. The molecule has 0 saturated heterocycles. The average Bonchev–Trinajstić information content (AvgIpc) is 2.46. The zero-order chi connectivity index (χ0) is 13.8. The lowest BCUT2D eigenvalue weighted by Gasteiger charge is -2.10. The largest absolute Gasteiger partial charge is 0.287 e. The summed E-state index contributed by atoms with van der Waals surface area (Å²) in [4.78, 5) is 21.3. The molecule has 0 spiro atoms. The van der Waals surface area contributed by atoms with Crippen molar-refractivity contribution in [3.05, 3.63) is 47.8 Å². The van der Waals surface area contributed by atoms with Crippen molar-refractivity contribution in [2.45, 2.75) is 38.5 Å². The summed E-state index contributed by atoms with van der Waals surface area (Å²) in [6.07, 6.45) is 10.3. The molecule has 0 N–H and O–H groups in total. The number of benzene rings is 1. The van der Waals surface area contributed by atoms with Gasteiger partial charge in [0.25, 0.3) is 0 Å². The maximum absolute atomic E-state index is 12.5. The molecule has 1 aromatic carbocycles. The van der Waals surface area contributed by atoms with Crippen LogP contribution in [-0.4, -0.2) is 15.8 Å². The minimum absolute atomic E-state index is 0.0464. The molecule has 1 aromatic heterocycles. The van der Waals surface area contributed by atoms with Gasteiger partial charge in [-0.05, 0) is 43.4 Å². The highest BCUT2D eigenvalue weighted by molar-refractivity contribution is 6.07. The molecule has 0 bridgehead atoms. The molecule has 20 heavy (non-hydrogen) atoms. The third kappa shape index (κ3) is 2.77. The minimum Gasteiger partial charge on any atom is -0.287 e. The second kappa shape index (κ2) is 5.95. The van der Waals surface area contributed by atoms with Crippen molar-refractivity contribution in [2.75, 3.05) is 0 Å². The predicted molar refractivity (Wildman–Crippen MR) is 79.7 cm³/mol. The third-order valence-corrected chi connectivity index (χ3v) is 3.76. The smallest absolute Gasteiger partial charge is 0.208 e. The van der Waals surface area contributed by atoms with Crippen LogP contribution in [0.1, 0.15) is 49.0 Å². The summed E-state index contributed by atoms with van der Waals surface area (Å²) in [6.45, 7) is 0. The summed E-state index contributed by atoms with van der Waals surface area (Å²) in [7, 11) is 0. The van der Waals surface area contributed by atoms with Crippen LogP contribution in [0, 0.1) is 0 Å². The van der Waals surface area contributed by atoms with Gasteiger partial charge in [-0.2, -0.15) is 0 Å². The van der Waals surface area contributed by atoms with E-state index in [0.717, 1.165) is 35.9 Å². The van der Waals surface area contributed by atoms with Crippen LogP contribution in [0.15, 0.2) is 42.1 Å². The van der Waals surface area contributed by atoms with Gasteiger partial charge in [-0.15, -0.1) is 0 Å². The second-order valence-corrected chi connectivity index (χ2v) is 5.26. The summed E-state index contributed by atoms with van der Waals surface area (Å²) < 4.78 is 0. The standard InChI is InChI=1S/C17H18N2O/c20-17(13-8-4-2-1-3-5-9-13)16-12-18-14-10-6-7-11-15(14)19-16/h6-8,10-12H,1-5,9H2/b13-8+. The summed E-state index contributed by atoms with van der Waals surface area (Å²) >= 11 is 0. The quantitative estimate of drug-likeness (QED) is 0.769. The molecule has 0 atom stereocenters. The number of nitrogens with zero attached hydrogens (tertiary/aromatic N) is 2. The van der Waals surface area contributed by atoms with Crippen LogP contribution >= 0.6 is 0 Å². The van der Waals surface area contributed by atoms with Gasteiger partial charge in [-0.25, -0.2) is 4.98 Å². The molecule has 0 aliphatic heterocycles. The van der Waals surface area contributed by atoms with Gasteiger partial charge in [0.2, 0.25) is 5.78 Å². The Bertz CT molecular complexity index is 661. The first-order valence-electron chi connectivity index (χ1n) is 7.30. The van der Waals surface area contributed by atoms with Crippen molar-refractivity contribution < 1.29 is 4.79 Å². The van der Waals surface area contributed by atoms with Crippen molar-refractivity contribution in [1.82, 2.24) is 9.97 Å². The van der Waals surface area contributed by atoms with Crippen molar-refractivity contribution in [3.8, 4) is 0 Å². The summed E-state index contributed by atoms with van der Waals surface area (Å²) in [5, 5.41) is 0. The zero-order valence-corrected chi connectivity index (χ0v) is 11.5. The number of Topliss-reactive ketones (excluding diaryl/α,β-unsaturated/α-hetero) is 1. The Hall–Kier alpha value is -2.03. The zero-order valence-electron chi connectivity index (χ0n) is 11.5. The predicted octanol–water partition coefficient (Wildman–Crippen LogP) is 4.09. The van der Waals surface area contributed by atoms with E-state index < -0.39 is 0 Å². The second-order valence-electron chi connectivity index (χ2n) is 5.26. The third-order valence-electron chi connectivity index (χ3n) is 3.76. The van der Waals surface area contributed by atoms with E-state index in [1.807, 2.05) is 24.3 Å². The maximum Gasteiger partial charge on any atom is 0.208 e. The topological polar surface area (TPSA) is 42.9 Å². The van der Waals surface area contributed by atoms with Gasteiger partial charge < -0.3 is 0 Å². The number of hydrogen-bond donors (Lipinski definition) is 0. The van der Waals surface area contributed by atoms with E-state index in [1.165, 1.54) is 19.3 Å². The molecule has 0 unspecified atom stereocenters. The van der Waals surface area contributed by atoms with E-state index >= 15 is 0 Å². The first kappa shape index (κ1) is 13.0. The van der Waals surface area contributed by atoms with Crippen LogP contribution in [0.5, 0.6) is 0 Å². The van der Waals surface area contributed by atoms with Crippen molar-refractivity contribution in [3.63, 3.8) is 0 Å². The molecule has 3 rings (SSSR count). The molecule has 0 amide bonds. The number of hydrogen-bond acceptors (Lipinski definition) is 3. The fourth-order valence-corrected chi connectivity index (χ4v) is 2.63. The van der Waals surface area contributed by atoms with Gasteiger partial charge in [-0.3, -0.25) is 9.78 Å². The van der Waals surface area contributed by atoms with Crippen LogP contribution in [0.2, 0.25) is 0 Å². The fraction of sp³-hybridized carbons (Fsp3) is 0.353. The molecule has 2 aromatic rings. The number of para-hydroxylation sites is 2. The van der Waals surface area contributed by atoms with Crippen LogP contribution in [0.4, 0.5) is 0 Å². The number of carbonyl (C=O) groups excluding carboxylic acids is 1. The molecule has 0 saturated carbocycles. The van der Waals surface area contributed by atoms with E-state index in [0.29, 0.717) is 5.69 Å². The van der Waals surface area contributed by atoms with Crippen molar-refractivity contribution >= 4 is 16.8 Å². The van der Waals surface area contributed by atoms with Crippen LogP contribution in [0.25, 0.3) is 11.0 Å². The molecule has 3 heteroatoms. The molecular formula is C17H18N2O. The van der Waals surface area contributed by atoms with Crippen LogP contribution in [0.3, 0.4) is 0 Å². The number of carbonyl (C=O) groups is 1. The number of rotatable bonds is 2. The van der Waals surface area contributed by atoms with Crippen LogP contribution in [-0.2, 0) is 0 Å². The van der Waals surface area contributed by atoms with E-state index in [-0.39, 0.29) is 5.78 Å². The summed E-state index contributed by atoms with van der Waals surface area (Å²) in [5.74, 6) is 0.0464. The lowest BCUT2D eigenvalue weighted by molar-refractivity contribution is 0.102.